The van der Waals surface area contributed by atoms with Crippen molar-refractivity contribution in [2.45, 2.75) is 44.9 Å². The average Bonchev–Trinajstić information content (AvgIpc) is 2.63. The maximum atomic E-state index is 12.8. The van der Waals surface area contributed by atoms with Crippen molar-refractivity contribution in [2.24, 2.45) is 0 Å². The van der Waals surface area contributed by atoms with Crippen LogP contribution in [0.2, 0.25) is 0 Å². The van der Waals surface area contributed by atoms with Gasteiger partial charge in [0.2, 0.25) is 5.91 Å². The molecule has 2 aliphatic rings. The monoisotopic (exact) mass is 257 g/mol. The van der Waals surface area contributed by atoms with E-state index in [2.05, 4.69) is 0 Å². The van der Waals surface area contributed by atoms with E-state index in [1.807, 2.05) is 32.0 Å². The summed E-state index contributed by atoms with van der Waals surface area (Å²) in [6.45, 7) is 4.61. The van der Waals surface area contributed by atoms with Crippen molar-refractivity contribution in [1.82, 2.24) is 0 Å². The number of ketones is 1. The van der Waals surface area contributed by atoms with E-state index in [1.165, 1.54) is 0 Å². The van der Waals surface area contributed by atoms with Crippen LogP contribution in [0.15, 0.2) is 18.2 Å². The predicted octanol–water partition coefficient (Wildman–Crippen LogP) is 2.74. The van der Waals surface area contributed by atoms with Gasteiger partial charge in [0, 0.05) is 18.7 Å². The van der Waals surface area contributed by atoms with Crippen molar-refractivity contribution in [3.05, 3.63) is 29.3 Å². The van der Waals surface area contributed by atoms with Gasteiger partial charge in [-0.3, -0.25) is 9.59 Å². The Kier molecular flexibility index (Phi) is 2.73. The average molecular weight is 257 g/mol. The number of anilines is 1. The summed E-state index contributed by atoms with van der Waals surface area (Å²) in [5, 5.41) is 0. The standard InChI is InChI=1S/C16H19NO2/c1-3-17-13-8-7-11(2)10-12(13)16(15(17)19)9-5-4-6-14(16)18/h7-8,10H,3-6,9H2,1-2H3. The number of likely N-dealkylation sites (N-methyl/N-ethyl adjacent to an activating group) is 1. The number of fused-ring (bicyclic) bond motifs is 2. The van der Waals surface area contributed by atoms with Crippen LogP contribution in [0.4, 0.5) is 5.69 Å². The number of nitrogens with zero attached hydrogens (tertiary/aromatic N) is 1. The molecule has 0 N–H and O–H groups in total. The highest BCUT2D eigenvalue weighted by Gasteiger charge is 2.55. The molecule has 3 heteroatoms. The van der Waals surface area contributed by atoms with Gasteiger partial charge >= 0.3 is 0 Å². The zero-order chi connectivity index (χ0) is 13.6. The van der Waals surface area contributed by atoms with Gasteiger partial charge in [0.1, 0.15) is 5.41 Å². The Labute approximate surface area is 113 Å². The number of hydrogen-bond acceptors (Lipinski definition) is 2. The number of carbonyl (C=O) groups is 2. The molecule has 0 bridgehead atoms. The fraction of sp³-hybridized carbons (Fsp3) is 0.500. The molecule has 1 saturated carbocycles. The molecule has 1 aliphatic heterocycles. The molecule has 1 aliphatic carbocycles. The third-order valence-electron chi connectivity index (χ3n) is 4.51. The van der Waals surface area contributed by atoms with Crippen molar-refractivity contribution in [1.29, 1.82) is 0 Å². The number of hydrogen-bond donors (Lipinski definition) is 0. The number of Topliss-reactive ketones (excluding diaryl/α,β-unsaturated/α-hetero) is 1. The van der Waals surface area contributed by atoms with Crippen molar-refractivity contribution in [2.75, 3.05) is 11.4 Å². The Morgan fingerprint density at radius 2 is 2.05 bits per heavy atom. The summed E-state index contributed by atoms with van der Waals surface area (Å²) in [4.78, 5) is 27.1. The van der Waals surface area contributed by atoms with Crippen LogP contribution in [-0.2, 0) is 15.0 Å². The first-order valence-electron chi connectivity index (χ1n) is 7.07. The molecule has 0 saturated heterocycles. The highest BCUT2D eigenvalue weighted by atomic mass is 16.2. The lowest BCUT2D eigenvalue weighted by molar-refractivity contribution is -0.136. The highest BCUT2D eigenvalue weighted by Crippen LogP contribution is 2.48. The quantitative estimate of drug-likeness (QED) is 0.725. The Balaban J connectivity index is 2.24. The van der Waals surface area contributed by atoms with Crippen molar-refractivity contribution >= 4 is 17.4 Å². The molecule has 1 fully saturated rings. The van der Waals surface area contributed by atoms with E-state index in [0.29, 0.717) is 19.4 Å². The van der Waals surface area contributed by atoms with E-state index in [0.717, 1.165) is 29.7 Å². The van der Waals surface area contributed by atoms with Crippen LogP contribution in [0.5, 0.6) is 0 Å². The lowest BCUT2D eigenvalue weighted by Crippen LogP contribution is -2.47. The van der Waals surface area contributed by atoms with Crippen LogP contribution >= 0.6 is 0 Å². The van der Waals surface area contributed by atoms with Gasteiger partial charge in [-0.2, -0.15) is 0 Å². The minimum atomic E-state index is -0.865. The summed E-state index contributed by atoms with van der Waals surface area (Å²) in [5.41, 5.74) is 2.13. The Hall–Kier alpha value is -1.64. The second-order valence-electron chi connectivity index (χ2n) is 5.61. The molecule has 100 valence electrons. The second kappa shape index (κ2) is 4.19. The molecule has 1 unspecified atom stereocenters. The van der Waals surface area contributed by atoms with Gasteiger partial charge in [0.25, 0.3) is 0 Å². The molecular weight excluding hydrogens is 238 g/mol. The first kappa shape index (κ1) is 12.4. The Morgan fingerprint density at radius 3 is 2.74 bits per heavy atom. The predicted molar refractivity (Wildman–Crippen MR) is 74.4 cm³/mol. The van der Waals surface area contributed by atoms with E-state index in [4.69, 9.17) is 0 Å². The van der Waals surface area contributed by atoms with Crippen molar-refractivity contribution in [3.8, 4) is 0 Å². The normalized spacial score (nSPS) is 26.1. The Morgan fingerprint density at radius 1 is 1.26 bits per heavy atom. The van der Waals surface area contributed by atoms with Gasteiger partial charge in [0.15, 0.2) is 5.78 Å². The minimum Gasteiger partial charge on any atom is -0.311 e. The number of carbonyl (C=O) groups excluding carboxylic acids is 2. The van der Waals surface area contributed by atoms with Gasteiger partial charge in [0.05, 0.1) is 0 Å². The lowest BCUT2D eigenvalue weighted by atomic mass is 9.69. The third kappa shape index (κ3) is 1.50. The highest BCUT2D eigenvalue weighted by molar-refractivity contribution is 6.22. The van der Waals surface area contributed by atoms with E-state index >= 15 is 0 Å². The molecule has 1 amide bonds. The van der Waals surface area contributed by atoms with Crippen LogP contribution in [-0.4, -0.2) is 18.2 Å². The topological polar surface area (TPSA) is 37.4 Å². The Bertz CT molecular complexity index is 564. The number of aryl methyl sites for hydroxylation is 1. The molecule has 1 aromatic rings. The maximum Gasteiger partial charge on any atom is 0.245 e. The van der Waals surface area contributed by atoms with E-state index in [1.54, 1.807) is 4.90 Å². The van der Waals surface area contributed by atoms with Crippen LogP contribution in [0.3, 0.4) is 0 Å². The molecule has 0 radical (unpaired) electrons. The molecule has 1 spiro atoms. The molecule has 1 atom stereocenters. The lowest BCUT2D eigenvalue weighted by Gasteiger charge is -2.30. The number of rotatable bonds is 1. The summed E-state index contributed by atoms with van der Waals surface area (Å²) in [5.74, 6) is 0.117. The summed E-state index contributed by atoms with van der Waals surface area (Å²) < 4.78 is 0. The van der Waals surface area contributed by atoms with E-state index < -0.39 is 5.41 Å². The second-order valence-corrected chi connectivity index (χ2v) is 5.61. The molecule has 0 aromatic heterocycles. The first-order chi connectivity index (χ1) is 9.11. The zero-order valence-corrected chi connectivity index (χ0v) is 11.5. The van der Waals surface area contributed by atoms with Crippen LogP contribution < -0.4 is 4.90 Å². The van der Waals surface area contributed by atoms with E-state index in [-0.39, 0.29) is 11.7 Å². The van der Waals surface area contributed by atoms with Gasteiger partial charge in [-0.25, -0.2) is 0 Å². The van der Waals surface area contributed by atoms with Crippen LogP contribution in [0, 0.1) is 6.92 Å². The minimum absolute atomic E-state index is 0.000278. The molecule has 1 aromatic carbocycles. The van der Waals surface area contributed by atoms with Crippen LogP contribution in [0.1, 0.15) is 43.7 Å². The molecular formula is C16H19NO2. The van der Waals surface area contributed by atoms with Gasteiger partial charge in [-0.15, -0.1) is 0 Å². The number of amides is 1. The molecule has 3 rings (SSSR count). The summed E-state index contributed by atoms with van der Waals surface area (Å²) in [6.07, 6.45) is 3.10. The fourth-order valence-electron chi connectivity index (χ4n) is 3.54. The van der Waals surface area contributed by atoms with Crippen LogP contribution in [0.25, 0.3) is 0 Å². The summed E-state index contributed by atoms with van der Waals surface area (Å²) >= 11 is 0. The fourth-order valence-corrected chi connectivity index (χ4v) is 3.54. The largest absolute Gasteiger partial charge is 0.311 e. The maximum absolute atomic E-state index is 12.8. The molecule has 19 heavy (non-hydrogen) atoms. The third-order valence-corrected chi connectivity index (χ3v) is 4.51. The number of benzene rings is 1. The van der Waals surface area contributed by atoms with Gasteiger partial charge in [-0.05, 0) is 38.3 Å². The summed E-state index contributed by atoms with van der Waals surface area (Å²) in [7, 11) is 0. The summed E-state index contributed by atoms with van der Waals surface area (Å²) in [6, 6.07) is 6.04. The SMILES string of the molecule is CCN1C(=O)C2(CCCCC2=O)c2cc(C)ccc21. The zero-order valence-electron chi connectivity index (χ0n) is 11.5. The van der Waals surface area contributed by atoms with Gasteiger partial charge in [-0.1, -0.05) is 24.1 Å². The molecule has 1 heterocycles. The van der Waals surface area contributed by atoms with Gasteiger partial charge < -0.3 is 4.90 Å². The van der Waals surface area contributed by atoms with E-state index in [9.17, 15) is 9.59 Å². The smallest absolute Gasteiger partial charge is 0.245 e. The van der Waals surface area contributed by atoms with Crippen molar-refractivity contribution in [3.63, 3.8) is 0 Å². The molecule has 3 nitrogen and oxygen atoms in total. The van der Waals surface area contributed by atoms with Crippen molar-refractivity contribution < 1.29 is 9.59 Å². The first-order valence-corrected chi connectivity index (χ1v) is 7.07.